The van der Waals surface area contributed by atoms with E-state index in [0.717, 1.165) is 0 Å². The second-order valence-electron chi connectivity index (χ2n) is 3.94. The lowest BCUT2D eigenvalue weighted by molar-refractivity contribution is -0.132. The van der Waals surface area contributed by atoms with Gasteiger partial charge >= 0.3 is 6.18 Å². The molecule has 5 nitrogen and oxygen atoms in total. The normalized spacial score (nSPS) is 11.3. The van der Waals surface area contributed by atoms with E-state index < -0.39 is 25.0 Å². The molecule has 0 bridgehead atoms. The highest BCUT2D eigenvalue weighted by atomic mass is 19.4. The molecule has 1 amide bonds. The summed E-state index contributed by atoms with van der Waals surface area (Å²) in [6.07, 6.45) is -4.10. The molecular weight excluding hydrogens is 275 g/mol. The second-order valence-corrected chi connectivity index (χ2v) is 3.94. The summed E-state index contributed by atoms with van der Waals surface area (Å²) in [5.74, 6) is -0.264. The van der Waals surface area contributed by atoms with Crippen LogP contribution in [-0.4, -0.2) is 28.8 Å². The highest BCUT2D eigenvalue weighted by Crippen LogP contribution is 2.19. The molecule has 1 N–H and O–H groups in total. The molecule has 0 unspecified atom stereocenters. The van der Waals surface area contributed by atoms with Gasteiger partial charge in [-0.3, -0.25) is 4.79 Å². The summed E-state index contributed by atoms with van der Waals surface area (Å²) in [6, 6.07) is 6.10. The molecule has 8 heteroatoms. The molecule has 0 atom stereocenters. The quantitative estimate of drug-likeness (QED) is 0.936. The molecule has 0 saturated heterocycles. The summed E-state index contributed by atoms with van der Waals surface area (Å²) in [5.41, 5.74) is 0.879. The van der Waals surface area contributed by atoms with Gasteiger partial charge in [-0.15, -0.1) is 0 Å². The van der Waals surface area contributed by atoms with E-state index in [1.54, 1.807) is 12.1 Å². The van der Waals surface area contributed by atoms with E-state index in [1.165, 1.54) is 18.5 Å². The van der Waals surface area contributed by atoms with Crippen molar-refractivity contribution in [1.82, 2.24) is 15.5 Å². The van der Waals surface area contributed by atoms with E-state index in [2.05, 4.69) is 15.5 Å². The predicted molar refractivity (Wildman–Crippen MR) is 62.7 cm³/mol. The summed E-state index contributed by atoms with van der Waals surface area (Å²) in [6.45, 7) is -0.451. The third kappa shape index (κ3) is 3.81. The lowest BCUT2D eigenvalue weighted by atomic mass is 10.1. The molecule has 2 rings (SSSR count). The van der Waals surface area contributed by atoms with E-state index >= 15 is 0 Å². The molecule has 0 fully saturated rings. The Bertz CT molecular complexity index is 565. The number of nitrogens with one attached hydrogen (secondary N) is 1. The standard InChI is InChI=1S/C12H10F3N3O2/c13-12(14,15)5-6-16-10(19)8-1-3-9(4-2-8)11-17-7-18-20-11/h1-4,7H,5-6H2,(H,16,19). The van der Waals surface area contributed by atoms with Crippen LogP contribution in [0.4, 0.5) is 13.2 Å². The number of alkyl halides is 3. The fourth-order valence-electron chi connectivity index (χ4n) is 1.48. The number of carbonyl (C=O) groups excluding carboxylic acids is 1. The van der Waals surface area contributed by atoms with Crippen LogP contribution >= 0.6 is 0 Å². The first-order valence-corrected chi connectivity index (χ1v) is 5.68. The summed E-state index contributed by atoms with van der Waals surface area (Å²) in [4.78, 5) is 15.4. The van der Waals surface area contributed by atoms with Gasteiger partial charge in [0.15, 0.2) is 6.33 Å². The number of hydrogen-bond donors (Lipinski definition) is 1. The van der Waals surface area contributed by atoms with Crippen LogP contribution in [0.2, 0.25) is 0 Å². The van der Waals surface area contributed by atoms with E-state index in [4.69, 9.17) is 4.52 Å². The van der Waals surface area contributed by atoms with Crippen molar-refractivity contribution in [1.29, 1.82) is 0 Å². The average Bonchev–Trinajstić information content (AvgIpc) is 2.91. The highest BCUT2D eigenvalue weighted by molar-refractivity contribution is 5.94. The van der Waals surface area contributed by atoms with Crippen molar-refractivity contribution in [3.05, 3.63) is 36.2 Å². The number of halogens is 3. The Hall–Kier alpha value is -2.38. The number of rotatable bonds is 4. The molecule has 0 aliphatic heterocycles. The maximum absolute atomic E-state index is 11.9. The minimum absolute atomic E-state index is 0.260. The molecule has 2 aromatic rings. The van der Waals surface area contributed by atoms with Gasteiger partial charge in [-0.2, -0.15) is 18.2 Å². The maximum atomic E-state index is 11.9. The summed E-state index contributed by atoms with van der Waals surface area (Å²) in [7, 11) is 0. The molecule has 0 aliphatic carbocycles. The molecule has 20 heavy (non-hydrogen) atoms. The van der Waals surface area contributed by atoms with Crippen LogP contribution in [0.15, 0.2) is 35.1 Å². The maximum Gasteiger partial charge on any atom is 0.390 e. The monoisotopic (exact) mass is 285 g/mol. The van der Waals surface area contributed by atoms with Gasteiger partial charge in [-0.25, -0.2) is 0 Å². The van der Waals surface area contributed by atoms with Gasteiger partial charge in [0.25, 0.3) is 11.8 Å². The first-order valence-electron chi connectivity index (χ1n) is 5.68. The van der Waals surface area contributed by atoms with Crippen LogP contribution in [0, 0.1) is 0 Å². The Kier molecular flexibility index (Phi) is 4.02. The average molecular weight is 285 g/mol. The Morgan fingerprint density at radius 2 is 1.95 bits per heavy atom. The van der Waals surface area contributed by atoms with Crippen LogP contribution in [0.1, 0.15) is 16.8 Å². The largest absolute Gasteiger partial charge is 0.390 e. The lowest BCUT2D eigenvalue weighted by Crippen LogP contribution is -2.27. The second kappa shape index (κ2) is 5.72. The van der Waals surface area contributed by atoms with Crippen molar-refractivity contribution in [3.63, 3.8) is 0 Å². The van der Waals surface area contributed by atoms with Gasteiger partial charge in [0, 0.05) is 17.7 Å². The topological polar surface area (TPSA) is 68.0 Å². The number of amides is 1. The van der Waals surface area contributed by atoms with Crippen molar-refractivity contribution in [2.75, 3.05) is 6.54 Å². The molecular formula is C12H10F3N3O2. The Labute approximate surface area is 111 Å². The minimum Gasteiger partial charge on any atom is -0.352 e. The number of carbonyl (C=O) groups is 1. The Morgan fingerprint density at radius 1 is 1.25 bits per heavy atom. The zero-order chi connectivity index (χ0) is 14.6. The van der Waals surface area contributed by atoms with Gasteiger partial charge < -0.3 is 9.84 Å². The van der Waals surface area contributed by atoms with Gasteiger partial charge in [-0.05, 0) is 24.3 Å². The Morgan fingerprint density at radius 3 is 2.50 bits per heavy atom. The third-order valence-electron chi connectivity index (χ3n) is 2.45. The van der Waals surface area contributed by atoms with Crippen LogP contribution in [-0.2, 0) is 0 Å². The molecule has 0 radical (unpaired) electrons. The summed E-state index contributed by atoms with van der Waals surface area (Å²) in [5, 5.41) is 5.65. The highest BCUT2D eigenvalue weighted by Gasteiger charge is 2.26. The van der Waals surface area contributed by atoms with E-state index in [0.29, 0.717) is 11.5 Å². The van der Waals surface area contributed by atoms with Crippen LogP contribution in [0.5, 0.6) is 0 Å². The van der Waals surface area contributed by atoms with E-state index in [1.807, 2.05) is 0 Å². The van der Waals surface area contributed by atoms with Crippen molar-refractivity contribution in [2.24, 2.45) is 0 Å². The minimum atomic E-state index is -4.28. The van der Waals surface area contributed by atoms with E-state index in [-0.39, 0.29) is 5.56 Å². The molecule has 106 valence electrons. The fraction of sp³-hybridized carbons (Fsp3) is 0.250. The number of benzene rings is 1. The molecule has 0 saturated carbocycles. The fourth-order valence-corrected chi connectivity index (χ4v) is 1.48. The molecule has 1 aromatic carbocycles. The van der Waals surface area contributed by atoms with Gasteiger partial charge in [0.1, 0.15) is 0 Å². The van der Waals surface area contributed by atoms with Crippen LogP contribution in [0.25, 0.3) is 11.5 Å². The summed E-state index contributed by atoms with van der Waals surface area (Å²) < 4.78 is 40.7. The number of nitrogens with zero attached hydrogens (tertiary/aromatic N) is 2. The smallest absolute Gasteiger partial charge is 0.352 e. The van der Waals surface area contributed by atoms with Crippen molar-refractivity contribution < 1.29 is 22.5 Å². The Balaban J connectivity index is 1.94. The van der Waals surface area contributed by atoms with Crippen molar-refractivity contribution in [2.45, 2.75) is 12.6 Å². The first kappa shape index (κ1) is 14.0. The molecule has 0 aliphatic rings. The zero-order valence-corrected chi connectivity index (χ0v) is 10.1. The first-order chi connectivity index (χ1) is 9.46. The van der Waals surface area contributed by atoms with Crippen molar-refractivity contribution in [3.8, 4) is 11.5 Å². The number of aromatic nitrogens is 2. The molecule has 1 aromatic heterocycles. The van der Waals surface area contributed by atoms with Crippen LogP contribution in [0.3, 0.4) is 0 Å². The van der Waals surface area contributed by atoms with Gasteiger partial charge in [-0.1, -0.05) is 5.16 Å². The van der Waals surface area contributed by atoms with E-state index in [9.17, 15) is 18.0 Å². The molecule has 1 heterocycles. The third-order valence-corrected chi connectivity index (χ3v) is 2.45. The van der Waals surface area contributed by atoms with Gasteiger partial charge in [0.05, 0.1) is 6.42 Å². The lowest BCUT2D eigenvalue weighted by Gasteiger charge is -2.08. The predicted octanol–water partition coefficient (Wildman–Crippen LogP) is 2.42. The molecule has 0 spiro atoms. The van der Waals surface area contributed by atoms with Crippen LogP contribution < -0.4 is 5.32 Å². The van der Waals surface area contributed by atoms with Crippen molar-refractivity contribution >= 4 is 5.91 Å². The zero-order valence-electron chi connectivity index (χ0n) is 10.1. The summed E-state index contributed by atoms with van der Waals surface area (Å²) >= 11 is 0. The van der Waals surface area contributed by atoms with Gasteiger partial charge in [0.2, 0.25) is 0 Å². The number of hydrogen-bond acceptors (Lipinski definition) is 4. The SMILES string of the molecule is O=C(NCCC(F)(F)F)c1ccc(-c2ncno2)cc1.